The van der Waals surface area contributed by atoms with Gasteiger partial charge in [-0.05, 0) is 50.0 Å². The van der Waals surface area contributed by atoms with Crippen LogP contribution in [0.2, 0.25) is 0 Å². The third-order valence-electron chi connectivity index (χ3n) is 4.55. The van der Waals surface area contributed by atoms with Crippen molar-refractivity contribution >= 4 is 0 Å². The maximum absolute atomic E-state index is 10.6. The van der Waals surface area contributed by atoms with E-state index in [1.165, 1.54) is 76.2 Å². The third-order valence-corrected chi connectivity index (χ3v) is 4.55. The molecular weight excluding hydrogens is 208 g/mol. The zero-order valence-corrected chi connectivity index (χ0v) is 11.2. The summed E-state index contributed by atoms with van der Waals surface area (Å²) >= 11 is 0. The molecule has 0 amide bonds. The highest BCUT2D eigenvalue weighted by molar-refractivity contribution is 5.10. The van der Waals surface area contributed by atoms with Crippen LogP contribution in [0.4, 0.5) is 0 Å². The molecule has 2 aliphatic carbocycles. The first-order valence-corrected chi connectivity index (χ1v) is 7.75. The van der Waals surface area contributed by atoms with Crippen molar-refractivity contribution in [2.75, 3.05) is 0 Å². The van der Waals surface area contributed by atoms with Gasteiger partial charge in [0.1, 0.15) is 0 Å². The summed E-state index contributed by atoms with van der Waals surface area (Å²) in [5.74, 6) is 0.558. The molecule has 0 aliphatic heterocycles. The van der Waals surface area contributed by atoms with Gasteiger partial charge in [0.25, 0.3) is 0 Å². The highest BCUT2D eigenvalue weighted by Crippen LogP contribution is 2.31. The van der Waals surface area contributed by atoms with Gasteiger partial charge >= 0.3 is 0 Å². The molecule has 0 aromatic rings. The molecule has 1 nitrogen and oxygen atoms in total. The number of aliphatic hydroxyl groups excluding tert-OH is 1. The quantitative estimate of drug-likeness (QED) is 0.549. The minimum Gasteiger partial charge on any atom is -0.388 e. The third kappa shape index (κ3) is 4.13. The molecule has 17 heavy (non-hydrogen) atoms. The van der Waals surface area contributed by atoms with Gasteiger partial charge in [-0.3, -0.25) is 0 Å². The summed E-state index contributed by atoms with van der Waals surface area (Å²) < 4.78 is 0. The topological polar surface area (TPSA) is 20.2 Å². The summed E-state index contributed by atoms with van der Waals surface area (Å²) in [6.07, 6.45) is 17.8. The standard InChI is InChI=1S/C16H28O/c17-16(15-12-8-4-5-9-13-15)14-10-6-2-1-3-7-11-14/h10,15-17H,1-9,11-13H2. The second-order valence-corrected chi connectivity index (χ2v) is 5.93. The summed E-state index contributed by atoms with van der Waals surface area (Å²) in [7, 11) is 0. The Hall–Kier alpha value is -0.300. The fourth-order valence-electron chi connectivity index (χ4n) is 3.41. The normalized spacial score (nSPS) is 26.5. The van der Waals surface area contributed by atoms with E-state index in [1.54, 1.807) is 0 Å². The van der Waals surface area contributed by atoms with Gasteiger partial charge < -0.3 is 5.11 Å². The van der Waals surface area contributed by atoms with E-state index in [0.29, 0.717) is 5.92 Å². The maximum Gasteiger partial charge on any atom is 0.0778 e. The monoisotopic (exact) mass is 236 g/mol. The van der Waals surface area contributed by atoms with E-state index in [9.17, 15) is 5.11 Å². The summed E-state index contributed by atoms with van der Waals surface area (Å²) in [4.78, 5) is 0. The first kappa shape index (κ1) is 13.1. The summed E-state index contributed by atoms with van der Waals surface area (Å²) in [6, 6.07) is 0. The molecule has 0 saturated heterocycles. The molecule has 0 heterocycles. The molecule has 0 aromatic carbocycles. The van der Waals surface area contributed by atoms with Gasteiger partial charge in [0.15, 0.2) is 0 Å². The molecule has 1 N–H and O–H groups in total. The molecule has 0 spiro atoms. The van der Waals surface area contributed by atoms with Crippen molar-refractivity contribution in [1.82, 2.24) is 0 Å². The molecule has 1 fully saturated rings. The van der Waals surface area contributed by atoms with Crippen LogP contribution < -0.4 is 0 Å². The van der Waals surface area contributed by atoms with Gasteiger partial charge in [-0.15, -0.1) is 0 Å². The SMILES string of the molecule is OC(C1=CCCCCCC1)C1CCCCCC1. The first-order chi connectivity index (χ1) is 8.38. The smallest absolute Gasteiger partial charge is 0.0778 e. The van der Waals surface area contributed by atoms with E-state index in [-0.39, 0.29) is 6.10 Å². The second kappa shape index (κ2) is 7.20. The second-order valence-electron chi connectivity index (χ2n) is 5.93. The molecule has 1 heteroatoms. The van der Waals surface area contributed by atoms with Crippen LogP contribution in [0.3, 0.4) is 0 Å². The van der Waals surface area contributed by atoms with Gasteiger partial charge in [-0.1, -0.05) is 44.6 Å². The Bertz CT molecular complexity index is 236. The van der Waals surface area contributed by atoms with Crippen LogP contribution in [0.1, 0.15) is 77.0 Å². The van der Waals surface area contributed by atoms with Crippen molar-refractivity contribution in [3.8, 4) is 0 Å². The largest absolute Gasteiger partial charge is 0.388 e. The maximum atomic E-state index is 10.6. The fraction of sp³-hybridized carbons (Fsp3) is 0.875. The average molecular weight is 236 g/mol. The van der Waals surface area contributed by atoms with E-state index < -0.39 is 0 Å². The van der Waals surface area contributed by atoms with E-state index in [4.69, 9.17) is 0 Å². The van der Waals surface area contributed by atoms with Crippen molar-refractivity contribution in [3.05, 3.63) is 11.6 Å². The number of aliphatic hydroxyl groups is 1. The van der Waals surface area contributed by atoms with Gasteiger partial charge in [0.2, 0.25) is 0 Å². The lowest BCUT2D eigenvalue weighted by atomic mass is 9.85. The molecule has 98 valence electrons. The van der Waals surface area contributed by atoms with E-state index in [2.05, 4.69) is 6.08 Å². The van der Waals surface area contributed by atoms with Gasteiger partial charge in [0, 0.05) is 0 Å². The van der Waals surface area contributed by atoms with Crippen molar-refractivity contribution in [3.63, 3.8) is 0 Å². The van der Waals surface area contributed by atoms with Gasteiger partial charge in [-0.25, -0.2) is 0 Å². The van der Waals surface area contributed by atoms with Crippen LogP contribution >= 0.6 is 0 Å². The molecule has 2 aliphatic rings. The minimum absolute atomic E-state index is 0.119. The predicted octanol–water partition coefficient (Wildman–Crippen LogP) is 4.60. The number of hydrogen-bond acceptors (Lipinski definition) is 1. The summed E-state index contributed by atoms with van der Waals surface area (Å²) in [5, 5.41) is 10.6. The van der Waals surface area contributed by atoms with E-state index in [0.717, 1.165) is 6.42 Å². The van der Waals surface area contributed by atoms with Crippen LogP contribution in [0.15, 0.2) is 11.6 Å². The van der Waals surface area contributed by atoms with Crippen LogP contribution in [0.25, 0.3) is 0 Å². The number of allylic oxidation sites excluding steroid dienone is 1. The molecule has 0 aromatic heterocycles. The molecule has 1 atom stereocenters. The van der Waals surface area contributed by atoms with Crippen molar-refractivity contribution < 1.29 is 5.11 Å². The van der Waals surface area contributed by atoms with E-state index >= 15 is 0 Å². The van der Waals surface area contributed by atoms with Crippen LogP contribution in [-0.4, -0.2) is 11.2 Å². The average Bonchev–Trinajstić information content (AvgIpc) is 2.56. The van der Waals surface area contributed by atoms with Gasteiger partial charge in [-0.2, -0.15) is 0 Å². The minimum atomic E-state index is -0.119. The summed E-state index contributed by atoms with van der Waals surface area (Å²) in [6.45, 7) is 0. The Kier molecular flexibility index (Phi) is 5.57. The Morgan fingerprint density at radius 2 is 1.53 bits per heavy atom. The Labute approximate surface area is 106 Å². The molecule has 0 radical (unpaired) electrons. The molecule has 0 bridgehead atoms. The number of rotatable bonds is 2. The summed E-state index contributed by atoms with van der Waals surface area (Å²) in [5.41, 5.74) is 1.37. The van der Waals surface area contributed by atoms with Crippen LogP contribution in [0, 0.1) is 5.92 Å². The highest BCUT2D eigenvalue weighted by Gasteiger charge is 2.23. The zero-order valence-electron chi connectivity index (χ0n) is 11.2. The first-order valence-electron chi connectivity index (χ1n) is 7.75. The molecular formula is C16H28O. The van der Waals surface area contributed by atoms with Crippen molar-refractivity contribution in [2.24, 2.45) is 5.92 Å². The Balaban J connectivity index is 1.93. The lowest BCUT2D eigenvalue weighted by molar-refractivity contribution is 0.126. The molecule has 1 saturated carbocycles. The van der Waals surface area contributed by atoms with Crippen LogP contribution in [0.5, 0.6) is 0 Å². The lowest BCUT2D eigenvalue weighted by Gasteiger charge is -2.25. The fourth-order valence-corrected chi connectivity index (χ4v) is 3.41. The van der Waals surface area contributed by atoms with E-state index in [1.807, 2.05) is 0 Å². The Morgan fingerprint density at radius 3 is 2.29 bits per heavy atom. The highest BCUT2D eigenvalue weighted by atomic mass is 16.3. The molecule has 2 rings (SSSR count). The predicted molar refractivity (Wildman–Crippen MR) is 73.0 cm³/mol. The lowest BCUT2D eigenvalue weighted by Crippen LogP contribution is -2.22. The van der Waals surface area contributed by atoms with Gasteiger partial charge in [0.05, 0.1) is 6.10 Å². The number of hydrogen-bond donors (Lipinski definition) is 1. The van der Waals surface area contributed by atoms with Crippen molar-refractivity contribution in [1.29, 1.82) is 0 Å². The molecule has 1 unspecified atom stereocenters. The van der Waals surface area contributed by atoms with Crippen LogP contribution in [-0.2, 0) is 0 Å². The zero-order chi connectivity index (χ0) is 11.9. The van der Waals surface area contributed by atoms with Crippen molar-refractivity contribution in [2.45, 2.75) is 83.2 Å². The Morgan fingerprint density at radius 1 is 0.882 bits per heavy atom.